The quantitative estimate of drug-likeness (QED) is 0.829. The number of hydrogen-bond donors (Lipinski definition) is 1. The van der Waals surface area contributed by atoms with Crippen LogP contribution in [0.1, 0.15) is 11.1 Å². The molecule has 28 heavy (non-hydrogen) atoms. The maximum atomic E-state index is 13.9. The molecule has 1 aliphatic rings. The number of hydrogen-bond acceptors (Lipinski definition) is 4. The van der Waals surface area contributed by atoms with Crippen LogP contribution in [0.15, 0.2) is 47.4 Å². The Morgan fingerprint density at radius 2 is 1.71 bits per heavy atom. The maximum Gasteiger partial charge on any atom is 0.246 e. The lowest BCUT2D eigenvalue weighted by Gasteiger charge is -2.33. The molecule has 1 saturated heterocycles. The molecule has 150 valence electrons. The summed E-state index contributed by atoms with van der Waals surface area (Å²) < 4.78 is 40.4. The Bertz CT molecular complexity index is 970. The molecule has 6 nitrogen and oxygen atoms in total. The Morgan fingerprint density at radius 3 is 2.39 bits per heavy atom. The van der Waals surface area contributed by atoms with Crippen molar-refractivity contribution < 1.29 is 17.6 Å². The number of benzene rings is 2. The molecular weight excluding hydrogens is 381 g/mol. The summed E-state index contributed by atoms with van der Waals surface area (Å²) >= 11 is 0. The van der Waals surface area contributed by atoms with Gasteiger partial charge in [-0.05, 0) is 43.2 Å². The number of amides is 1. The highest BCUT2D eigenvalue weighted by atomic mass is 32.2. The minimum atomic E-state index is -3.87. The highest BCUT2D eigenvalue weighted by Gasteiger charge is 2.30. The van der Waals surface area contributed by atoms with Gasteiger partial charge in [0.1, 0.15) is 10.7 Å². The Morgan fingerprint density at radius 1 is 1.04 bits per heavy atom. The van der Waals surface area contributed by atoms with Gasteiger partial charge < -0.3 is 5.32 Å². The first-order chi connectivity index (χ1) is 13.3. The van der Waals surface area contributed by atoms with Gasteiger partial charge in [0.15, 0.2) is 0 Å². The van der Waals surface area contributed by atoms with Crippen molar-refractivity contribution in [2.24, 2.45) is 0 Å². The molecule has 1 N–H and O–H groups in total. The molecule has 0 spiro atoms. The monoisotopic (exact) mass is 405 g/mol. The van der Waals surface area contributed by atoms with E-state index in [1.54, 1.807) is 0 Å². The van der Waals surface area contributed by atoms with Gasteiger partial charge in [-0.3, -0.25) is 9.69 Å². The summed E-state index contributed by atoms with van der Waals surface area (Å²) in [6, 6.07) is 11.1. The third-order valence-corrected chi connectivity index (χ3v) is 6.96. The fraction of sp³-hybridized carbons (Fsp3) is 0.350. The van der Waals surface area contributed by atoms with Gasteiger partial charge in [0.25, 0.3) is 0 Å². The lowest BCUT2D eigenvalue weighted by atomic mass is 10.1. The number of aryl methyl sites for hydroxylation is 1. The van der Waals surface area contributed by atoms with Crippen LogP contribution >= 0.6 is 0 Å². The van der Waals surface area contributed by atoms with Gasteiger partial charge in [-0.2, -0.15) is 4.31 Å². The van der Waals surface area contributed by atoms with Crippen molar-refractivity contribution >= 4 is 21.6 Å². The van der Waals surface area contributed by atoms with E-state index in [0.717, 1.165) is 22.9 Å². The predicted molar refractivity (Wildman–Crippen MR) is 106 cm³/mol. The summed E-state index contributed by atoms with van der Waals surface area (Å²) in [5.41, 5.74) is 2.91. The van der Waals surface area contributed by atoms with Gasteiger partial charge in [-0.1, -0.05) is 24.3 Å². The van der Waals surface area contributed by atoms with Crippen LogP contribution in [0.25, 0.3) is 0 Å². The average Bonchev–Trinajstić information content (AvgIpc) is 2.66. The zero-order chi connectivity index (χ0) is 20.3. The number of nitrogens with zero attached hydrogens (tertiary/aromatic N) is 2. The largest absolute Gasteiger partial charge is 0.325 e. The van der Waals surface area contributed by atoms with Crippen LogP contribution in [0.3, 0.4) is 0 Å². The fourth-order valence-electron chi connectivity index (χ4n) is 3.20. The van der Waals surface area contributed by atoms with Crippen LogP contribution in [-0.4, -0.2) is 56.3 Å². The van der Waals surface area contributed by atoms with Crippen molar-refractivity contribution in [2.75, 3.05) is 38.0 Å². The highest BCUT2D eigenvalue weighted by Crippen LogP contribution is 2.21. The fourth-order valence-corrected chi connectivity index (χ4v) is 4.69. The molecule has 1 fully saturated rings. The highest BCUT2D eigenvalue weighted by molar-refractivity contribution is 7.89. The van der Waals surface area contributed by atoms with Crippen molar-refractivity contribution in [1.82, 2.24) is 9.21 Å². The molecule has 3 rings (SSSR count). The second kappa shape index (κ2) is 8.38. The number of piperazine rings is 1. The third kappa shape index (κ3) is 4.40. The maximum absolute atomic E-state index is 13.9. The topological polar surface area (TPSA) is 69.7 Å². The number of sulfonamides is 1. The number of carbonyl (C=O) groups excluding carboxylic acids is 1. The number of anilines is 1. The van der Waals surface area contributed by atoms with Gasteiger partial charge >= 0.3 is 0 Å². The molecule has 0 saturated carbocycles. The van der Waals surface area contributed by atoms with E-state index in [-0.39, 0.29) is 30.4 Å². The van der Waals surface area contributed by atoms with Crippen molar-refractivity contribution in [1.29, 1.82) is 0 Å². The second-order valence-corrected chi connectivity index (χ2v) is 8.81. The van der Waals surface area contributed by atoms with E-state index in [9.17, 15) is 17.6 Å². The average molecular weight is 405 g/mol. The van der Waals surface area contributed by atoms with E-state index in [1.165, 1.54) is 22.5 Å². The molecule has 2 aromatic carbocycles. The van der Waals surface area contributed by atoms with Crippen LogP contribution in [0.4, 0.5) is 10.1 Å². The Balaban J connectivity index is 1.57. The smallest absolute Gasteiger partial charge is 0.246 e. The summed E-state index contributed by atoms with van der Waals surface area (Å²) in [6.45, 7) is 5.38. The molecule has 8 heteroatoms. The minimum absolute atomic E-state index is 0.140. The summed E-state index contributed by atoms with van der Waals surface area (Å²) in [7, 11) is -3.87. The van der Waals surface area contributed by atoms with Crippen molar-refractivity contribution in [3.8, 4) is 0 Å². The summed E-state index contributed by atoms with van der Waals surface area (Å²) in [5, 5.41) is 2.91. The molecule has 0 bridgehead atoms. The minimum Gasteiger partial charge on any atom is -0.325 e. The van der Waals surface area contributed by atoms with E-state index in [2.05, 4.69) is 5.32 Å². The zero-order valence-electron chi connectivity index (χ0n) is 16.0. The number of rotatable bonds is 5. The standard InChI is InChI=1S/C20H24FN3O3S/c1-15-6-5-8-18(16(15)2)22-20(25)14-23-10-12-24(13-11-23)28(26,27)19-9-4-3-7-17(19)21/h3-9H,10-14H2,1-2H3,(H,22,25). The lowest BCUT2D eigenvalue weighted by Crippen LogP contribution is -2.50. The normalized spacial score (nSPS) is 16.1. The molecule has 0 atom stereocenters. The van der Waals surface area contributed by atoms with E-state index in [0.29, 0.717) is 13.1 Å². The first kappa shape index (κ1) is 20.4. The molecule has 1 heterocycles. The summed E-state index contributed by atoms with van der Waals surface area (Å²) in [5.74, 6) is -0.892. The lowest BCUT2D eigenvalue weighted by molar-refractivity contribution is -0.117. The van der Waals surface area contributed by atoms with Gasteiger partial charge in [-0.25, -0.2) is 12.8 Å². The van der Waals surface area contributed by atoms with E-state index >= 15 is 0 Å². The van der Waals surface area contributed by atoms with Crippen LogP contribution in [0.5, 0.6) is 0 Å². The Labute approximate surface area is 165 Å². The van der Waals surface area contributed by atoms with E-state index in [1.807, 2.05) is 36.9 Å². The van der Waals surface area contributed by atoms with Crippen LogP contribution in [-0.2, 0) is 14.8 Å². The van der Waals surface area contributed by atoms with Crippen molar-refractivity contribution in [2.45, 2.75) is 18.7 Å². The predicted octanol–water partition coefficient (Wildman–Crippen LogP) is 2.39. The molecule has 0 aliphatic carbocycles. The van der Waals surface area contributed by atoms with Crippen LogP contribution in [0, 0.1) is 19.7 Å². The summed E-state index contributed by atoms with van der Waals surface area (Å²) in [4.78, 5) is 13.9. The Kier molecular flexibility index (Phi) is 6.12. The molecule has 0 aromatic heterocycles. The molecule has 1 aliphatic heterocycles. The SMILES string of the molecule is Cc1cccc(NC(=O)CN2CCN(S(=O)(=O)c3ccccc3F)CC2)c1C. The first-order valence-electron chi connectivity index (χ1n) is 9.12. The Hall–Kier alpha value is -2.29. The van der Waals surface area contributed by atoms with Crippen LogP contribution < -0.4 is 5.32 Å². The molecule has 1 amide bonds. The second-order valence-electron chi connectivity index (χ2n) is 6.91. The number of nitrogens with one attached hydrogen (secondary N) is 1. The van der Waals surface area contributed by atoms with Gasteiger partial charge in [-0.15, -0.1) is 0 Å². The van der Waals surface area contributed by atoms with Crippen molar-refractivity contribution in [3.05, 3.63) is 59.4 Å². The van der Waals surface area contributed by atoms with Crippen molar-refractivity contribution in [3.63, 3.8) is 0 Å². The van der Waals surface area contributed by atoms with Gasteiger partial charge in [0.2, 0.25) is 15.9 Å². The first-order valence-corrected chi connectivity index (χ1v) is 10.6. The van der Waals surface area contributed by atoms with Crippen LogP contribution in [0.2, 0.25) is 0 Å². The number of halogens is 1. The molecule has 2 aromatic rings. The van der Waals surface area contributed by atoms with Gasteiger partial charge in [0.05, 0.1) is 6.54 Å². The molecular formula is C20H24FN3O3S. The van der Waals surface area contributed by atoms with E-state index in [4.69, 9.17) is 0 Å². The third-order valence-electron chi connectivity index (χ3n) is 5.03. The number of carbonyl (C=O) groups is 1. The molecule has 0 unspecified atom stereocenters. The molecule has 0 radical (unpaired) electrons. The van der Waals surface area contributed by atoms with E-state index < -0.39 is 15.8 Å². The summed E-state index contributed by atoms with van der Waals surface area (Å²) in [6.07, 6.45) is 0. The zero-order valence-corrected chi connectivity index (χ0v) is 16.8. The van der Waals surface area contributed by atoms with Gasteiger partial charge in [0, 0.05) is 31.9 Å².